The van der Waals surface area contributed by atoms with Gasteiger partial charge in [0.2, 0.25) is 0 Å². The Hall–Kier alpha value is -1.63. The van der Waals surface area contributed by atoms with Crippen LogP contribution in [0.4, 0.5) is 0 Å². The molecule has 24 heavy (non-hydrogen) atoms. The van der Waals surface area contributed by atoms with Gasteiger partial charge in [-0.2, -0.15) is 0 Å². The quantitative estimate of drug-likeness (QED) is 0.828. The summed E-state index contributed by atoms with van der Waals surface area (Å²) < 4.78 is 16.4. The number of thiazole rings is 1. The van der Waals surface area contributed by atoms with E-state index in [0.717, 1.165) is 47.5 Å². The average Bonchev–Trinajstić information content (AvgIpc) is 3.05. The monoisotopic (exact) mass is 348 g/mol. The molecule has 1 fully saturated rings. The fourth-order valence-electron chi connectivity index (χ4n) is 2.88. The minimum Gasteiger partial charge on any atom is -0.497 e. The first-order valence-electron chi connectivity index (χ1n) is 8.13. The summed E-state index contributed by atoms with van der Waals surface area (Å²) in [6.07, 6.45) is 0.279. The van der Waals surface area contributed by atoms with E-state index in [2.05, 4.69) is 24.1 Å². The predicted octanol–water partition coefficient (Wildman–Crippen LogP) is 3.44. The second-order valence-electron chi connectivity index (χ2n) is 6.13. The molecule has 0 saturated carbocycles. The van der Waals surface area contributed by atoms with Crippen molar-refractivity contribution in [2.75, 3.05) is 27.4 Å². The van der Waals surface area contributed by atoms with E-state index in [1.54, 1.807) is 25.6 Å². The maximum absolute atomic E-state index is 5.70. The number of nitrogens with zero attached hydrogens (tertiary/aromatic N) is 2. The van der Waals surface area contributed by atoms with E-state index in [0.29, 0.717) is 6.04 Å². The number of morpholine rings is 1. The molecule has 1 aromatic heterocycles. The maximum atomic E-state index is 5.70. The molecule has 2 aromatic rings. The van der Waals surface area contributed by atoms with Crippen LogP contribution < -0.4 is 9.47 Å². The average molecular weight is 348 g/mol. The van der Waals surface area contributed by atoms with Gasteiger partial charge in [0.1, 0.15) is 16.5 Å². The highest BCUT2D eigenvalue weighted by Crippen LogP contribution is 2.35. The fraction of sp³-hybridized carbons (Fsp3) is 0.500. The number of hydrogen-bond donors (Lipinski definition) is 0. The van der Waals surface area contributed by atoms with Crippen molar-refractivity contribution < 1.29 is 14.2 Å². The Morgan fingerprint density at radius 2 is 2.12 bits per heavy atom. The number of methoxy groups -OCH3 is 2. The number of ether oxygens (including phenoxy) is 3. The summed E-state index contributed by atoms with van der Waals surface area (Å²) >= 11 is 1.65. The van der Waals surface area contributed by atoms with Gasteiger partial charge in [-0.1, -0.05) is 0 Å². The molecule has 0 aliphatic carbocycles. The molecule has 0 N–H and O–H groups in total. The Kier molecular flexibility index (Phi) is 5.38. The molecule has 130 valence electrons. The molecule has 0 bridgehead atoms. The van der Waals surface area contributed by atoms with Gasteiger partial charge in [0, 0.05) is 30.6 Å². The van der Waals surface area contributed by atoms with Gasteiger partial charge < -0.3 is 14.2 Å². The largest absolute Gasteiger partial charge is 0.497 e. The summed E-state index contributed by atoms with van der Waals surface area (Å²) in [5.41, 5.74) is 2.09. The van der Waals surface area contributed by atoms with Gasteiger partial charge in [-0.3, -0.25) is 4.90 Å². The van der Waals surface area contributed by atoms with Gasteiger partial charge in [0.25, 0.3) is 0 Å². The highest BCUT2D eigenvalue weighted by molar-refractivity contribution is 7.13. The van der Waals surface area contributed by atoms with Crippen molar-refractivity contribution in [3.63, 3.8) is 0 Å². The van der Waals surface area contributed by atoms with Crippen molar-refractivity contribution in [1.29, 1.82) is 0 Å². The zero-order valence-electron chi connectivity index (χ0n) is 14.6. The minimum atomic E-state index is 0.279. The standard InChI is InChI=1S/C18H24N2O3S/c1-12-10-23-13(2)8-20(12)9-14-11-24-18(19-14)16-6-5-15(21-3)7-17(16)22-4/h5-7,11-13H,8-10H2,1-4H3/t12-,13+/m0/s1. The third-order valence-electron chi connectivity index (χ3n) is 4.29. The van der Waals surface area contributed by atoms with Crippen molar-refractivity contribution in [3.05, 3.63) is 29.3 Å². The van der Waals surface area contributed by atoms with Crippen LogP contribution in [-0.4, -0.2) is 49.4 Å². The molecule has 3 rings (SSSR count). The molecular formula is C18H24N2O3S. The first-order chi connectivity index (χ1) is 11.6. The normalized spacial score (nSPS) is 21.7. The number of benzene rings is 1. The zero-order valence-corrected chi connectivity index (χ0v) is 15.4. The van der Waals surface area contributed by atoms with Crippen LogP contribution >= 0.6 is 11.3 Å². The van der Waals surface area contributed by atoms with Crippen molar-refractivity contribution in [2.24, 2.45) is 0 Å². The molecule has 0 unspecified atom stereocenters. The van der Waals surface area contributed by atoms with Gasteiger partial charge >= 0.3 is 0 Å². The van der Waals surface area contributed by atoms with Crippen LogP contribution in [0.1, 0.15) is 19.5 Å². The molecule has 2 atom stereocenters. The van der Waals surface area contributed by atoms with Crippen LogP contribution in [0.25, 0.3) is 10.6 Å². The van der Waals surface area contributed by atoms with E-state index in [4.69, 9.17) is 19.2 Å². The summed E-state index contributed by atoms with van der Waals surface area (Å²) in [7, 11) is 3.32. The van der Waals surface area contributed by atoms with Crippen LogP contribution in [0, 0.1) is 0 Å². The second kappa shape index (κ2) is 7.51. The molecule has 5 nitrogen and oxygen atoms in total. The summed E-state index contributed by atoms with van der Waals surface area (Å²) in [4.78, 5) is 7.24. The Balaban J connectivity index is 1.78. The Labute approximate surface area is 147 Å². The van der Waals surface area contributed by atoms with Crippen LogP contribution in [0.2, 0.25) is 0 Å². The summed E-state index contributed by atoms with van der Waals surface area (Å²) in [6, 6.07) is 6.24. The smallest absolute Gasteiger partial charge is 0.132 e. The van der Waals surface area contributed by atoms with Crippen LogP contribution in [-0.2, 0) is 11.3 Å². The summed E-state index contributed by atoms with van der Waals surface area (Å²) in [5, 5.41) is 3.10. The number of hydrogen-bond acceptors (Lipinski definition) is 6. The van der Waals surface area contributed by atoms with Gasteiger partial charge in [0.15, 0.2) is 0 Å². The number of aromatic nitrogens is 1. The van der Waals surface area contributed by atoms with Gasteiger partial charge in [0.05, 0.1) is 38.2 Å². The third kappa shape index (κ3) is 3.71. The molecule has 0 radical (unpaired) electrons. The van der Waals surface area contributed by atoms with Crippen molar-refractivity contribution >= 4 is 11.3 Å². The van der Waals surface area contributed by atoms with Crippen molar-refractivity contribution in [3.8, 4) is 22.1 Å². The summed E-state index contributed by atoms with van der Waals surface area (Å²) in [6.45, 7) is 6.90. The van der Waals surface area contributed by atoms with E-state index in [1.165, 1.54) is 0 Å². The van der Waals surface area contributed by atoms with Gasteiger partial charge in [-0.15, -0.1) is 11.3 Å². The van der Waals surface area contributed by atoms with E-state index in [9.17, 15) is 0 Å². The van der Waals surface area contributed by atoms with Gasteiger partial charge in [-0.25, -0.2) is 4.98 Å². The van der Waals surface area contributed by atoms with Crippen LogP contribution in [0.5, 0.6) is 11.5 Å². The molecule has 0 spiro atoms. The molecule has 6 heteroatoms. The topological polar surface area (TPSA) is 43.8 Å². The van der Waals surface area contributed by atoms with E-state index in [1.807, 2.05) is 18.2 Å². The van der Waals surface area contributed by atoms with Crippen LogP contribution in [0.15, 0.2) is 23.6 Å². The molecule has 1 aromatic carbocycles. The van der Waals surface area contributed by atoms with E-state index >= 15 is 0 Å². The molecule has 1 aliphatic rings. The van der Waals surface area contributed by atoms with E-state index < -0.39 is 0 Å². The Bertz CT molecular complexity index is 689. The lowest BCUT2D eigenvalue weighted by Crippen LogP contribution is -2.46. The fourth-order valence-corrected chi connectivity index (χ4v) is 3.72. The van der Waals surface area contributed by atoms with Crippen LogP contribution in [0.3, 0.4) is 0 Å². The SMILES string of the molecule is COc1ccc(-c2nc(CN3C[C@@H](C)OC[C@@H]3C)cs2)c(OC)c1. The van der Waals surface area contributed by atoms with Gasteiger partial charge in [-0.05, 0) is 26.0 Å². The van der Waals surface area contributed by atoms with Crippen molar-refractivity contribution in [1.82, 2.24) is 9.88 Å². The molecule has 0 amide bonds. The second-order valence-corrected chi connectivity index (χ2v) is 6.99. The van der Waals surface area contributed by atoms with E-state index in [-0.39, 0.29) is 6.10 Å². The lowest BCUT2D eigenvalue weighted by molar-refractivity contribution is -0.0530. The molecule has 1 aliphatic heterocycles. The first-order valence-corrected chi connectivity index (χ1v) is 9.01. The minimum absolute atomic E-state index is 0.279. The molecular weight excluding hydrogens is 324 g/mol. The lowest BCUT2D eigenvalue weighted by atomic mass is 10.2. The number of rotatable bonds is 5. The highest BCUT2D eigenvalue weighted by Gasteiger charge is 2.24. The Morgan fingerprint density at radius 1 is 1.29 bits per heavy atom. The van der Waals surface area contributed by atoms with Crippen molar-refractivity contribution in [2.45, 2.75) is 32.5 Å². The zero-order chi connectivity index (χ0) is 17.1. The lowest BCUT2D eigenvalue weighted by Gasteiger charge is -2.36. The first kappa shape index (κ1) is 17.2. The Morgan fingerprint density at radius 3 is 2.88 bits per heavy atom. The molecule has 2 heterocycles. The predicted molar refractivity (Wildman–Crippen MR) is 95.9 cm³/mol. The molecule has 1 saturated heterocycles. The maximum Gasteiger partial charge on any atom is 0.132 e. The third-order valence-corrected chi connectivity index (χ3v) is 5.22. The highest BCUT2D eigenvalue weighted by atomic mass is 32.1. The summed E-state index contributed by atoms with van der Waals surface area (Å²) in [5.74, 6) is 1.56.